The Kier molecular flexibility index (Phi) is 0.710. The number of hydrogen-bond acceptors (Lipinski definition) is 3. The summed E-state index contributed by atoms with van der Waals surface area (Å²) < 4.78 is 38.9. The van der Waals surface area contributed by atoms with E-state index in [1.54, 1.807) is 0 Å². The number of methoxy groups -OCH3 is 1. The zero-order valence-corrected chi connectivity index (χ0v) is 4.94. The van der Waals surface area contributed by atoms with Gasteiger partial charge >= 0.3 is 0 Å². The van der Waals surface area contributed by atoms with Crippen LogP contribution in [0.2, 0.25) is 5.15 Å². The van der Waals surface area contributed by atoms with Gasteiger partial charge in [0.05, 0.1) is 12.5 Å². The van der Waals surface area contributed by atoms with Crippen LogP contribution in [0.4, 0.5) is 0 Å². The van der Waals surface area contributed by atoms with E-state index in [0.717, 1.165) is 0 Å². The van der Waals surface area contributed by atoms with Crippen LogP contribution in [0.1, 0.15) is 6.85 Å². The Hall–Kier alpha value is -0.830. The van der Waals surface area contributed by atoms with Crippen LogP contribution in [-0.4, -0.2) is 17.0 Å². The van der Waals surface area contributed by atoms with Crippen LogP contribution in [-0.2, 0) is 0 Å². The fourth-order valence-electron chi connectivity index (χ4n) is 0.307. The summed E-state index contributed by atoms with van der Waals surface area (Å²) in [6.45, 7) is 0. The number of aromatic nitrogens is 2. The minimum atomic E-state index is -2.72. The quantitative estimate of drug-likeness (QED) is 0.562. The van der Waals surface area contributed by atoms with Crippen LogP contribution in [0, 0.1) is 0 Å². The number of nitrogens with zero attached hydrogens (tertiary/aromatic N) is 2. The number of ether oxygens (including phenoxy) is 1. The third kappa shape index (κ3) is 1.54. The third-order valence-electron chi connectivity index (χ3n) is 0.606. The lowest BCUT2D eigenvalue weighted by Crippen LogP contribution is -1.86. The monoisotopic (exact) mass is 149 g/mol. The Morgan fingerprint density at radius 2 is 2.78 bits per heavy atom. The van der Waals surface area contributed by atoms with Crippen molar-refractivity contribution in [1.82, 2.24) is 9.97 Å². The van der Waals surface area contributed by atoms with Gasteiger partial charge in [0.25, 0.3) is 0 Å². The van der Waals surface area contributed by atoms with Gasteiger partial charge in [-0.05, 0) is 0 Å². The highest BCUT2D eigenvalue weighted by atomic mass is 35.5. The summed E-state index contributed by atoms with van der Waals surface area (Å²) in [5.41, 5.74) is 0. The molecule has 4 heteroatoms. The minimum Gasteiger partial charge on any atom is -0.481 e. The molecule has 0 unspecified atom stereocenters. The van der Waals surface area contributed by atoms with Gasteiger partial charge in [-0.15, -0.1) is 0 Å². The maximum atomic E-state index is 7.26. The molecule has 1 rings (SSSR count). The Bertz CT molecular complexity index is 355. The van der Waals surface area contributed by atoms with Crippen molar-refractivity contribution in [3.63, 3.8) is 0 Å². The van der Waals surface area contributed by atoms with E-state index in [2.05, 4.69) is 14.7 Å². The highest BCUT2D eigenvalue weighted by Gasteiger charge is 1.91. The summed E-state index contributed by atoms with van der Waals surface area (Å²) in [5, 5.41) is -0.316. The Morgan fingerprint density at radius 1 is 1.89 bits per heavy atom. The van der Waals surface area contributed by atoms with Crippen molar-refractivity contribution >= 4 is 11.6 Å². The van der Waals surface area contributed by atoms with Crippen molar-refractivity contribution in [2.24, 2.45) is 0 Å². The van der Waals surface area contributed by atoms with Crippen molar-refractivity contribution in [2.45, 2.75) is 0 Å². The van der Waals surface area contributed by atoms with Gasteiger partial charge in [0, 0.05) is 6.04 Å². The average molecular weight is 150 g/mol. The molecule has 1 heterocycles. The van der Waals surface area contributed by atoms with E-state index in [9.17, 15) is 0 Å². The van der Waals surface area contributed by atoms with Crippen LogP contribution < -0.4 is 4.74 Å². The van der Waals surface area contributed by atoms with Crippen molar-refractivity contribution in [3.8, 4) is 5.88 Å². The van der Waals surface area contributed by atoms with Crippen LogP contribution in [0.25, 0.3) is 0 Å². The summed E-state index contributed by atoms with van der Waals surface area (Å²) >= 11 is 5.43. The highest BCUT2D eigenvalue weighted by molar-refractivity contribution is 6.29. The summed E-state index contributed by atoms with van der Waals surface area (Å²) in [5.74, 6) is -0.519. The second kappa shape index (κ2) is 2.64. The SMILES string of the molecule is [2H]c1nc(Cl)c([2H])c(OC([2H])([2H])[2H])n1. The molecule has 0 amide bonds. The molecule has 3 nitrogen and oxygen atoms in total. The van der Waals surface area contributed by atoms with Crippen LogP contribution in [0.5, 0.6) is 5.88 Å². The second-order valence-corrected chi connectivity index (χ2v) is 1.50. The fourth-order valence-corrected chi connectivity index (χ4v) is 0.425. The lowest BCUT2D eigenvalue weighted by atomic mass is 10.6. The van der Waals surface area contributed by atoms with Gasteiger partial charge in [-0.3, -0.25) is 0 Å². The zero-order valence-electron chi connectivity index (χ0n) is 9.18. The van der Waals surface area contributed by atoms with E-state index in [1.165, 1.54) is 0 Å². The van der Waals surface area contributed by atoms with Crippen LogP contribution in [0.15, 0.2) is 12.3 Å². The first kappa shape index (κ1) is 2.42. The van der Waals surface area contributed by atoms with Gasteiger partial charge in [-0.1, -0.05) is 11.6 Å². The molecule has 0 N–H and O–H groups in total. The molecule has 0 aliphatic carbocycles. The molecular formula is C5H5ClN2O. The zero-order chi connectivity index (χ0) is 10.9. The van der Waals surface area contributed by atoms with Gasteiger partial charge < -0.3 is 4.74 Å². The van der Waals surface area contributed by atoms with Crippen molar-refractivity contribution in [3.05, 3.63) is 17.5 Å². The normalized spacial score (nSPS) is 18.6. The van der Waals surface area contributed by atoms with Crippen molar-refractivity contribution in [2.75, 3.05) is 7.04 Å². The molecule has 0 radical (unpaired) electrons. The predicted molar refractivity (Wildman–Crippen MR) is 33.6 cm³/mol. The average Bonchev–Trinajstić information content (AvgIpc) is 1.96. The summed E-state index contributed by atoms with van der Waals surface area (Å²) in [6, 6.07) is -0.446. The molecule has 0 bridgehead atoms. The first-order chi connectivity index (χ1) is 6.29. The first-order valence-electron chi connectivity index (χ1n) is 4.49. The molecule has 0 spiro atoms. The molecule has 9 heavy (non-hydrogen) atoms. The molecule has 0 fully saturated rings. The van der Waals surface area contributed by atoms with Gasteiger partial charge in [0.2, 0.25) is 5.88 Å². The molecule has 0 saturated heterocycles. The van der Waals surface area contributed by atoms with E-state index in [4.69, 9.17) is 18.5 Å². The smallest absolute Gasteiger partial charge is 0.217 e. The maximum absolute atomic E-state index is 7.26. The van der Waals surface area contributed by atoms with E-state index in [0.29, 0.717) is 0 Å². The maximum Gasteiger partial charge on any atom is 0.217 e. The minimum absolute atomic E-state index is 0.316. The summed E-state index contributed by atoms with van der Waals surface area (Å²) in [7, 11) is -2.72. The Morgan fingerprint density at radius 3 is 3.56 bits per heavy atom. The topological polar surface area (TPSA) is 35.0 Å². The Balaban J connectivity index is 3.09. The van der Waals surface area contributed by atoms with Gasteiger partial charge in [-0.25, -0.2) is 9.97 Å². The van der Waals surface area contributed by atoms with Gasteiger partial charge in [-0.2, -0.15) is 0 Å². The second-order valence-electron chi connectivity index (χ2n) is 1.15. The lowest BCUT2D eigenvalue weighted by Gasteiger charge is -1.94. The molecule has 0 aromatic carbocycles. The third-order valence-corrected chi connectivity index (χ3v) is 0.785. The van der Waals surface area contributed by atoms with Crippen molar-refractivity contribution < 1.29 is 11.6 Å². The number of hydrogen-bond donors (Lipinski definition) is 0. The molecule has 0 aliphatic heterocycles. The molecule has 0 saturated carbocycles. The van der Waals surface area contributed by atoms with E-state index < -0.39 is 25.3 Å². The van der Waals surface area contributed by atoms with Gasteiger partial charge in [0.15, 0.2) is 0 Å². The van der Waals surface area contributed by atoms with E-state index in [1.807, 2.05) is 0 Å². The predicted octanol–water partition coefficient (Wildman–Crippen LogP) is 1.14. The van der Waals surface area contributed by atoms with E-state index >= 15 is 0 Å². The van der Waals surface area contributed by atoms with E-state index in [-0.39, 0.29) is 5.15 Å². The van der Waals surface area contributed by atoms with Crippen molar-refractivity contribution in [1.29, 1.82) is 0 Å². The largest absolute Gasteiger partial charge is 0.481 e. The summed E-state index contributed by atoms with van der Waals surface area (Å²) in [6.07, 6.45) is -0.495. The molecule has 1 aromatic rings. The molecule has 0 aliphatic rings. The van der Waals surface area contributed by atoms with Crippen LogP contribution >= 0.6 is 11.6 Å². The lowest BCUT2D eigenvalue weighted by molar-refractivity contribution is 0.397. The standard InChI is InChI=1S/C5H5ClN2O/c1-9-5-2-4(6)7-3-8-5/h2-3H,1H3/i1D3,2D,3D. The van der Waals surface area contributed by atoms with Crippen LogP contribution in [0.3, 0.4) is 0 Å². The molecule has 1 aromatic heterocycles. The Labute approximate surface area is 64.7 Å². The highest BCUT2D eigenvalue weighted by Crippen LogP contribution is 2.09. The summed E-state index contributed by atoms with van der Waals surface area (Å²) in [4.78, 5) is 6.65. The molecule has 0 atom stereocenters. The fraction of sp³-hybridized carbons (Fsp3) is 0.200. The number of rotatable bonds is 1. The number of halogens is 1. The molecular weight excluding hydrogens is 140 g/mol. The molecule has 48 valence electrons. The van der Waals surface area contributed by atoms with Gasteiger partial charge in [0.1, 0.15) is 12.8 Å². The first-order valence-corrected chi connectivity index (χ1v) is 2.37.